The van der Waals surface area contributed by atoms with Gasteiger partial charge in [-0.05, 0) is 32.0 Å². The quantitative estimate of drug-likeness (QED) is 0.873. The molecule has 2 amide bonds. The second-order valence-corrected chi connectivity index (χ2v) is 6.84. The highest BCUT2D eigenvalue weighted by atomic mass is 35.5. The molecule has 1 aromatic rings. The van der Waals surface area contributed by atoms with Crippen LogP contribution in [0.25, 0.3) is 0 Å². The highest BCUT2D eigenvalue weighted by molar-refractivity contribution is 8.00. The standard InChI is InChI=1S/C13H15ClN2O2S/c1-13(2)16(8-17)11(7-19-13)12(18)15-10-5-3-4-9(14)6-10/h3-6,8,11H,7H2,1-2H3,(H,15,18). The zero-order valence-electron chi connectivity index (χ0n) is 10.7. The maximum Gasteiger partial charge on any atom is 0.248 e. The lowest BCUT2D eigenvalue weighted by molar-refractivity contribution is -0.130. The van der Waals surface area contributed by atoms with Gasteiger partial charge in [-0.15, -0.1) is 11.8 Å². The average molecular weight is 299 g/mol. The van der Waals surface area contributed by atoms with Crippen LogP contribution in [0.2, 0.25) is 5.02 Å². The molecule has 1 aliphatic heterocycles. The van der Waals surface area contributed by atoms with Crippen molar-refractivity contribution in [3.05, 3.63) is 29.3 Å². The van der Waals surface area contributed by atoms with E-state index in [1.807, 2.05) is 13.8 Å². The van der Waals surface area contributed by atoms with Crippen LogP contribution in [0.4, 0.5) is 5.69 Å². The first-order valence-corrected chi connectivity index (χ1v) is 7.24. The SMILES string of the molecule is CC1(C)SCC(C(=O)Nc2cccc(Cl)c2)N1C=O. The predicted octanol–water partition coefficient (Wildman–Crippen LogP) is 2.59. The Morgan fingerprint density at radius 3 is 2.95 bits per heavy atom. The molecule has 4 nitrogen and oxygen atoms in total. The number of rotatable bonds is 3. The lowest BCUT2D eigenvalue weighted by Crippen LogP contribution is -2.47. The number of hydrogen-bond acceptors (Lipinski definition) is 3. The number of halogens is 1. The molecule has 0 aromatic heterocycles. The summed E-state index contributed by atoms with van der Waals surface area (Å²) in [6.07, 6.45) is 0.738. The third kappa shape index (κ3) is 3.04. The molecule has 0 spiro atoms. The third-order valence-electron chi connectivity index (χ3n) is 3.06. The summed E-state index contributed by atoms with van der Waals surface area (Å²) in [5.74, 6) is 0.408. The molecule has 1 saturated heterocycles. The monoisotopic (exact) mass is 298 g/mol. The number of amides is 2. The molecular weight excluding hydrogens is 284 g/mol. The van der Waals surface area contributed by atoms with Crippen molar-refractivity contribution >= 4 is 41.4 Å². The number of anilines is 1. The van der Waals surface area contributed by atoms with Gasteiger partial charge in [0.15, 0.2) is 0 Å². The number of nitrogens with one attached hydrogen (secondary N) is 1. The Labute approximate surface area is 121 Å². The maximum absolute atomic E-state index is 12.2. The van der Waals surface area contributed by atoms with Crippen molar-refractivity contribution in [3.63, 3.8) is 0 Å². The minimum atomic E-state index is -0.448. The Morgan fingerprint density at radius 1 is 1.58 bits per heavy atom. The van der Waals surface area contributed by atoms with E-state index in [2.05, 4.69) is 5.32 Å². The Balaban J connectivity index is 2.10. The Bertz CT molecular complexity index is 507. The lowest BCUT2D eigenvalue weighted by Gasteiger charge is -2.30. The summed E-state index contributed by atoms with van der Waals surface area (Å²) in [6.45, 7) is 3.86. The predicted molar refractivity (Wildman–Crippen MR) is 78.3 cm³/mol. The van der Waals surface area contributed by atoms with Gasteiger partial charge in [-0.1, -0.05) is 17.7 Å². The van der Waals surface area contributed by atoms with Crippen molar-refractivity contribution in [3.8, 4) is 0 Å². The second-order valence-electron chi connectivity index (χ2n) is 4.79. The molecule has 1 unspecified atom stereocenters. The van der Waals surface area contributed by atoms with Crippen LogP contribution in [0, 0.1) is 0 Å². The van der Waals surface area contributed by atoms with Crippen LogP contribution >= 0.6 is 23.4 Å². The van der Waals surface area contributed by atoms with Gasteiger partial charge >= 0.3 is 0 Å². The molecule has 0 saturated carbocycles. The van der Waals surface area contributed by atoms with E-state index >= 15 is 0 Å². The van der Waals surface area contributed by atoms with Gasteiger partial charge in [0.25, 0.3) is 0 Å². The smallest absolute Gasteiger partial charge is 0.248 e. The summed E-state index contributed by atoms with van der Waals surface area (Å²) >= 11 is 7.46. The number of carbonyl (C=O) groups is 2. The van der Waals surface area contributed by atoms with E-state index in [1.165, 1.54) is 0 Å². The number of nitrogens with zero attached hydrogens (tertiary/aromatic N) is 1. The van der Waals surface area contributed by atoms with Gasteiger partial charge in [-0.3, -0.25) is 9.59 Å². The molecule has 19 heavy (non-hydrogen) atoms. The first-order chi connectivity index (χ1) is 8.94. The summed E-state index contributed by atoms with van der Waals surface area (Å²) in [5.41, 5.74) is 0.637. The first-order valence-electron chi connectivity index (χ1n) is 5.88. The summed E-state index contributed by atoms with van der Waals surface area (Å²) < 4.78 is 0. The van der Waals surface area contributed by atoms with Gasteiger partial charge in [0, 0.05) is 16.5 Å². The Morgan fingerprint density at radius 2 is 2.32 bits per heavy atom. The largest absolute Gasteiger partial charge is 0.324 e. The zero-order valence-corrected chi connectivity index (χ0v) is 12.3. The van der Waals surface area contributed by atoms with Crippen LogP contribution in [0.1, 0.15) is 13.8 Å². The molecule has 1 aliphatic rings. The van der Waals surface area contributed by atoms with Crippen LogP contribution in [0.5, 0.6) is 0 Å². The highest BCUT2D eigenvalue weighted by Crippen LogP contribution is 2.37. The normalized spacial score (nSPS) is 21.2. The molecule has 0 bridgehead atoms. The molecule has 102 valence electrons. The van der Waals surface area contributed by atoms with Crippen LogP contribution in [-0.2, 0) is 9.59 Å². The summed E-state index contributed by atoms with van der Waals surface area (Å²) in [5, 5.41) is 3.35. The molecule has 6 heteroatoms. The van der Waals surface area contributed by atoms with Crippen LogP contribution in [0.15, 0.2) is 24.3 Å². The van der Waals surface area contributed by atoms with Gasteiger partial charge < -0.3 is 10.2 Å². The molecule has 1 N–H and O–H groups in total. The Kier molecular flexibility index (Phi) is 4.06. The van der Waals surface area contributed by atoms with Gasteiger partial charge in [-0.2, -0.15) is 0 Å². The molecule has 0 aliphatic carbocycles. The fraction of sp³-hybridized carbons (Fsp3) is 0.385. The first kappa shape index (κ1) is 14.2. The van der Waals surface area contributed by atoms with E-state index in [1.54, 1.807) is 40.9 Å². The fourth-order valence-electron chi connectivity index (χ4n) is 2.01. The minimum Gasteiger partial charge on any atom is -0.324 e. The van der Waals surface area contributed by atoms with E-state index in [0.29, 0.717) is 16.5 Å². The van der Waals surface area contributed by atoms with Crippen molar-refractivity contribution < 1.29 is 9.59 Å². The summed E-state index contributed by atoms with van der Waals surface area (Å²) in [4.78, 5) is 24.6. The van der Waals surface area contributed by atoms with Crippen LogP contribution < -0.4 is 5.32 Å². The maximum atomic E-state index is 12.2. The van der Waals surface area contributed by atoms with Crippen molar-refractivity contribution in [2.24, 2.45) is 0 Å². The average Bonchev–Trinajstić information content (AvgIpc) is 2.64. The van der Waals surface area contributed by atoms with Crippen molar-refractivity contribution in [1.29, 1.82) is 0 Å². The van der Waals surface area contributed by atoms with E-state index in [4.69, 9.17) is 11.6 Å². The van der Waals surface area contributed by atoms with E-state index in [0.717, 1.165) is 6.41 Å². The summed E-state index contributed by atoms with van der Waals surface area (Å²) in [6, 6.07) is 6.50. The number of carbonyl (C=O) groups excluding carboxylic acids is 2. The highest BCUT2D eigenvalue weighted by Gasteiger charge is 2.42. The van der Waals surface area contributed by atoms with E-state index in [9.17, 15) is 9.59 Å². The van der Waals surface area contributed by atoms with Crippen LogP contribution in [-0.4, -0.2) is 33.9 Å². The van der Waals surface area contributed by atoms with Gasteiger partial charge in [0.2, 0.25) is 12.3 Å². The lowest BCUT2D eigenvalue weighted by atomic mass is 10.2. The molecule has 2 rings (SSSR count). The zero-order chi connectivity index (χ0) is 14.0. The van der Waals surface area contributed by atoms with E-state index < -0.39 is 6.04 Å². The van der Waals surface area contributed by atoms with E-state index in [-0.39, 0.29) is 10.8 Å². The van der Waals surface area contributed by atoms with Crippen LogP contribution in [0.3, 0.4) is 0 Å². The Hall–Kier alpha value is -1.20. The summed E-state index contributed by atoms with van der Waals surface area (Å²) in [7, 11) is 0. The minimum absolute atomic E-state index is 0.188. The molecule has 1 atom stereocenters. The number of benzene rings is 1. The van der Waals surface area contributed by atoms with Crippen molar-refractivity contribution in [1.82, 2.24) is 4.90 Å². The molecule has 1 fully saturated rings. The number of thioether (sulfide) groups is 1. The third-order valence-corrected chi connectivity index (χ3v) is 4.70. The molecule has 1 heterocycles. The van der Waals surface area contributed by atoms with Crippen molar-refractivity contribution in [2.45, 2.75) is 24.8 Å². The second kappa shape index (κ2) is 5.43. The van der Waals surface area contributed by atoms with Gasteiger partial charge in [0.05, 0.1) is 4.87 Å². The number of hydrogen-bond donors (Lipinski definition) is 1. The fourth-order valence-corrected chi connectivity index (χ4v) is 3.39. The van der Waals surface area contributed by atoms with Gasteiger partial charge in [0.1, 0.15) is 6.04 Å². The molecular formula is C13H15ClN2O2S. The molecule has 1 aromatic carbocycles. The topological polar surface area (TPSA) is 49.4 Å². The van der Waals surface area contributed by atoms with Crippen molar-refractivity contribution in [2.75, 3.05) is 11.1 Å². The van der Waals surface area contributed by atoms with Gasteiger partial charge in [-0.25, -0.2) is 0 Å². The molecule has 0 radical (unpaired) electrons.